The zero-order valence-electron chi connectivity index (χ0n) is 10.5. The first kappa shape index (κ1) is 16.4. The number of anilines is 1. The van der Waals surface area contributed by atoms with Crippen molar-refractivity contribution in [3.05, 3.63) is 55.9 Å². The minimum atomic E-state index is -0.324. The first-order valence-corrected chi connectivity index (χ1v) is 7.70. The molecule has 7 heteroatoms. The molecule has 0 fully saturated rings. The van der Waals surface area contributed by atoms with Gasteiger partial charge in [0.05, 0.1) is 4.47 Å². The van der Waals surface area contributed by atoms with E-state index in [2.05, 4.69) is 21.2 Å². The standard InChI is InChI=1S/C14H9BrCl3NO2/c15-12-6-8(16)1-2-13(12)21-7-14(20)19-11-4-9(17)3-10(18)5-11/h1-6H,7H2,(H,19,20). The summed E-state index contributed by atoms with van der Waals surface area (Å²) in [5, 5.41) is 4.11. The molecule has 0 atom stereocenters. The van der Waals surface area contributed by atoms with E-state index < -0.39 is 0 Å². The highest BCUT2D eigenvalue weighted by molar-refractivity contribution is 9.10. The van der Waals surface area contributed by atoms with Crippen LogP contribution in [0.5, 0.6) is 5.75 Å². The van der Waals surface area contributed by atoms with Gasteiger partial charge in [-0.2, -0.15) is 0 Å². The van der Waals surface area contributed by atoms with Gasteiger partial charge in [0, 0.05) is 20.8 Å². The van der Waals surface area contributed by atoms with Crippen LogP contribution in [0.2, 0.25) is 15.1 Å². The summed E-state index contributed by atoms with van der Waals surface area (Å²) in [5.74, 6) is 0.203. The maximum atomic E-state index is 11.8. The molecular formula is C14H9BrCl3NO2. The molecule has 0 bridgehead atoms. The van der Waals surface area contributed by atoms with Crippen LogP contribution in [0.3, 0.4) is 0 Å². The van der Waals surface area contributed by atoms with Crippen molar-refractivity contribution in [3.63, 3.8) is 0 Å². The number of amides is 1. The maximum absolute atomic E-state index is 11.8. The Balaban J connectivity index is 1.95. The van der Waals surface area contributed by atoms with Gasteiger partial charge in [0.25, 0.3) is 5.91 Å². The van der Waals surface area contributed by atoms with Crippen molar-refractivity contribution in [1.82, 2.24) is 0 Å². The van der Waals surface area contributed by atoms with E-state index in [0.717, 1.165) is 0 Å². The third-order valence-corrected chi connectivity index (χ3v) is 3.69. The zero-order chi connectivity index (χ0) is 15.4. The molecule has 0 unspecified atom stereocenters. The van der Waals surface area contributed by atoms with Gasteiger partial charge in [0.1, 0.15) is 5.75 Å². The van der Waals surface area contributed by atoms with E-state index in [0.29, 0.717) is 31.0 Å². The lowest BCUT2D eigenvalue weighted by Gasteiger charge is -2.09. The minimum Gasteiger partial charge on any atom is -0.483 e. The first-order chi connectivity index (χ1) is 9.94. The largest absolute Gasteiger partial charge is 0.483 e. The molecule has 0 saturated carbocycles. The molecule has 0 aliphatic carbocycles. The van der Waals surface area contributed by atoms with E-state index in [-0.39, 0.29) is 12.5 Å². The van der Waals surface area contributed by atoms with Crippen LogP contribution in [-0.4, -0.2) is 12.5 Å². The average Bonchev–Trinajstić information content (AvgIpc) is 2.36. The summed E-state index contributed by atoms with van der Waals surface area (Å²) in [6, 6.07) is 9.82. The second kappa shape index (κ2) is 7.36. The lowest BCUT2D eigenvalue weighted by molar-refractivity contribution is -0.118. The van der Waals surface area contributed by atoms with Gasteiger partial charge in [-0.1, -0.05) is 34.8 Å². The van der Waals surface area contributed by atoms with Crippen LogP contribution in [0.25, 0.3) is 0 Å². The lowest BCUT2D eigenvalue weighted by Crippen LogP contribution is -2.20. The Kier molecular flexibility index (Phi) is 5.76. The molecule has 0 heterocycles. The molecule has 3 nitrogen and oxygen atoms in total. The van der Waals surface area contributed by atoms with Gasteiger partial charge in [-0.05, 0) is 52.3 Å². The number of ether oxygens (including phenoxy) is 1. The van der Waals surface area contributed by atoms with E-state index in [4.69, 9.17) is 39.5 Å². The molecule has 0 spiro atoms. The molecule has 0 radical (unpaired) electrons. The van der Waals surface area contributed by atoms with Crippen molar-refractivity contribution in [2.24, 2.45) is 0 Å². The molecule has 2 aromatic rings. The second-order valence-electron chi connectivity index (χ2n) is 4.07. The van der Waals surface area contributed by atoms with Gasteiger partial charge in [0.15, 0.2) is 6.61 Å². The molecule has 0 aliphatic heterocycles. The third-order valence-electron chi connectivity index (χ3n) is 2.40. The summed E-state index contributed by atoms with van der Waals surface area (Å²) >= 11 is 20.8. The Morgan fingerprint density at radius 1 is 1.05 bits per heavy atom. The molecule has 0 aliphatic rings. The van der Waals surface area contributed by atoms with Crippen LogP contribution in [-0.2, 0) is 4.79 Å². The number of hydrogen-bond acceptors (Lipinski definition) is 2. The van der Waals surface area contributed by atoms with Crippen LogP contribution in [0.4, 0.5) is 5.69 Å². The number of benzene rings is 2. The van der Waals surface area contributed by atoms with Crippen molar-refractivity contribution >= 4 is 62.3 Å². The SMILES string of the molecule is O=C(COc1ccc(Cl)cc1Br)Nc1cc(Cl)cc(Cl)c1. The van der Waals surface area contributed by atoms with E-state index in [1.54, 1.807) is 36.4 Å². The Morgan fingerprint density at radius 3 is 2.33 bits per heavy atom. The van der Waals surface area contributed by atoms with E-state index in [1.165, 1.54) is 0 Å². The molecule has 2 aromatic carbocycles. The van der Waals surface area contributed by atoms with Gasteiger partial charge in [-0.3, -0.25) is 4.79 Å². The quantitative estimate of drug-likeness (QED) is 0.732. The monoisotopic (exact) mass is 407 g/mol. The first-order valence-electron chi connectivity index (χ1n) is 5.78. The minimum absolute atomic E-state index is 0.148. The molecule has 21 heavy (non-hydrogen) atoms. The van der Waals surface area contributed by atoms with E-state index in [1.807, 2.05) is 0 Å². The van der Waals surface area contributed by atoms with Crippen molar-refractivity contribution in [2.75, 3.05) is 11.9 Å². The topological polar surface area (TPSA) is 38.3 Å². The molecule has 110 valence electrons. The summed E-state index contributed by atoms with van der Waals surface area (Å²) in [6.07, 6.45) is 0. The molecule has 0 aromatic heterocycles. The number of rotatable bonds is 4. The fourth-order valence-corrected chi connectivity index (χ4v) is 2.88. The highest BCUT2D eigenvalue weighted by Gasteiger charge is 2.07. The van der Waals surface area contributed by atoms with E-state index in [9.17, 15) is 4.79 Å². The van der Waals surface area contributed by atoms with Gasteiger partial charge in [-0.25, -0.2) is 0 Å². The fraction of sp³-hybridized carbons (Fsp3) is 0.0714. The number of nitrogens with one attached hydrogen (secondary N) is 1. The van der Waals surface area contributed by atoms with Gasteiger partial charge in [-0.15, -0.1) is 0 Å². The van der Waals surface area contributed by atoms with Crippen LogP contribution in [0.15, 0.2) is 40.9 Å². The van der Waals surface area contributed by atoms with Crippen LogP contribution in [0.1, 0.15) is 0 Å². The third kappa shape index (κ3) is 5.08. The van der Waals surface area contributed by atoms with E-state index >= 15 is 0 Å². The summed E-state index contributed by atoms with van der Waals surface area (Å²) in [7, 11) is 0. The lowest BCUT2D eigenvalue weighted by atomic mass is 10.3. The molecule has 1 amide bonds. The number of carbonyl (C=O) groups is 1. The fourth-order valence-electron chi connectivity index (χ4n) is 1.56. The maximum Gasteiger partial charge on any atom is 0.262 e. The Bertz CT molecular complexity index is 659. The summed E-state index contributed by atoms with van der Waals surface area (Å²) in [4.78, 5) is 11.8. The van der Waals surface area contributed by atoms with Gasteiger partial charge >= 0.3 is 0 Å². The molecular weight excluding hydrogens is 400 g/mol. The van der Waals surface area contributed by atoms with Crippen LogP contribution < -0.4 is 10.1 Å². The summed E-state index contributed by atoms with van der Waals surface area (Å²) in [5.41, 5.74) is 0.510. The average molecular weight is 409 g/mol. The van der Waals surface area contributed by atoms with Crippen molar-refractivity contribution in [1.29, 1.82) is 0 Å². The number of hydrogen-bond donors (Lipinski definition) is 1. The summed E-state index contributed by atoms with van der Waals surface area (Å²) < 4.78 is 6.08. The zero-order valence-corrected chi connectivity index (χ0v) is 14.4. The second-order valence-corrected chi connectivity index (χ2v) is 6.23. The highest BCUT2D eigenvalue weighted by Crippen LogP contribution is 2.28. The number of halogens is 4. The van der Waals surface area contributed by atoms with Gasteiger partial charge in [0.2, 0.25) is 0 Å². The van der Waals surface area contributed by atoms with Crippen molar-refractivity contribution in [3.8, 4) is 5.75 Å². The number of carbonyl (C=O) groups excluding carboxylic acids is 1. The smallest absolute Gasteiger partial charge is 0.262 e. The Hall–Kier alpha value is -0.940. The normalized spacial score (nSPS) is 10.3. The summed E-state index contributed by atoms with van der Waals surface area (Å²) in [6.45, 7) is -0.148. The predicted octanol–water partition coefficient (Wildman–Crippen LogP) is 5.43. The predicted molar refractivity (Wildman–Crippen MR) is 89.7 cm³/mol. The molecule has 2 rings (SSSR count). The van der Waals surface area contributed by atoms with Crippen molar-refractivity contribution in [2.45, 2.75) is 0 Å². The van der Waals surface area contributed by atoms with Gasteiger partial charge < -0.3 is 10.1 Å². The molecule has 1 N–H and O–H groups in total. The molecule has 0 saturated heterocycles. The van der Waals surface area contributed by atoms with Crippen molar-refractivity contribution < 1.29 is 9.53 Å². The van der Waals surface area contributed by atoms with Crippen LogP contribution in [0, 0.1) is 0 Å². The Morgan fingerprint density at radius 2 is 1.71 bits per heavy atom. The Labute approximate surface area is 145 Å². The van der Waals surface area contributed by atoms with Crippen LogP contribution >= 0.6 is 50.7 Å². The highest BCUT2D eigenvalue weighted by atomic mass is 79.9.